The van der Waals surface area contributed by atoms with Crippen molar-refractivity contribution in [1.82, 2.24) is 25.2 Å². The first kappa shape index (κ1) is 28.9. The molecule has 3 N–H and O–H groups in total. The summed E-state index contributed by atoms with van der Waals surface area (Å²) in [5.41, 5.74) is 1.96. The van der Waals surface area contributed by atoms with Gasteiger partial charge in [0.25, 0.3) is 0 Å². The Hall–Kier alpha value is -3.56. The molecule has 0 spiro atoms. The fourth-order valence-corrected chi connectivity index (χ4v) is 7.85. The number of rotatable bonds is 4. The second-order valence-electron chi connectivity index (χ2n) is 12.6. The van der Waals surface area contributed by atoms with Gasteiger partial charge in [-0.3, -0.25) is 4.90 Å². The van der Waals surface area contributed by atoms with Crippen LogP contribution < -0.4 is 25.4 Å². The molecule has 45 heavy (non-hydrogen) atoms. The van der Waals surface area contributed by atoms with E-state index in [1.165, 1.54) is 0 Å². The Balaban J connectivity index is 1.29. The van der Waals surface area contributed by atoms with Crippen LogP contribution in [0.3, 0.4) is 0 Å². The molecule has 0 aliphatic carbocycles. The monoisotopic (exact) mass is 633 g/mol. The molecule has 0 saturated carbocycles. The third kappa shape index (κ3) is 4.73. The Kier molecular flexibility index (Phi) is 6.73. The van der Waals surface area contributed by atoms with Gasteiger partial charge >= 0.3 is 12.2 Å². The zero-order valence-electron chi connectivity index (χ0n) is 24.4. The fraction of sp³-hybridized carbons (Fsp3) is 0.567. The molecule has 4 saturated heterocycles. The summed E-state index contributed by atoms with van der Waals surface area (Å²) in [4.78, 5) is 17.9. The molecule has 7 heterocycles. The number of nitrogens with zero attached hydrogens (tertiary/aromatic N) is 5. The van der Waals surface area contributed by atoms with Crippen molar-refractivity contribution in [3.8, 4) is 23.1 Å². The normalized spacial score (nSPS) is 29.3. The number of piperazine rings is 1. The second-order valence-corrected chi connectivity index (χ2v) is 12.6. The number of aromatic nitrogens is 3. The number of nitrogen functional groups attached to an aromatic ring is 1. The fourth-order valence-electron chi connectivity index (χ4n) is 7.85. The summed E-state index contributed by atoms with van der Waals surface area (Å²) in [6.07, 6.45) is -1.81. The summed E-state index contributed by atoms with van der Waals surface area (Å²) >= 11 is 0. The lowest BCUT2D eigenvalue weighted by atomic mass is 9.99. The van der Waals surface area contributed by atoms with Crippen LogP contribution in [0.15, 0.2) is 12.1 Å². The van der Waals surface area contributed by atoms with Crippen molar-refractivity contribution in [3.63, 3.8) is 0 Å². The molecule has 5 aliphatic rings. The number of halogens is 5. The first-order valence-electron chi connectivity index (χ1n) is 15.3. The first-order chi connectivity index (χ1) is 21.6. The molecule has 1 aromatic carbocycles. The molecule has 0 amide bonds. The minimum atomic E-state index is -5.02. The number of fused-ring (bicyclic) bond motifs is 6. The maximum Gasteiger partial charge on any atom is 0.417 e. The quantitative estimate of drug-likeness (QED) is 0.324. The number of hydrogen-bond acceptors (Lipinski definition) is 10. The molecule has 15 heteroatoms. The van der Waals surface area contributed by atoms with E-state index in [2.05, 4.69) is 25.1 Å². The van der Waals surface area contributed by atoms with E-state index < -0.39 is 46.4 Å². The summed E-state index contributed by atoms with van der Waals surface area (Å²) in [5, 5.41) is 3.76. The number of nitrogens with two attached hydrogens (primary N) is 1. The highest BCUT2D eigenvalue weighted by molar-refractivity contribution is 5.97. The Morgan fingerprint density at radius 2 is 1.96 bits per heavy atom. The van der Waals surface area contributed by atoms with Crippen LogP contribution in [-0.4, -0.2) is 89.1 Å². The minimum Gasteiger partial charge on any atom is -0.472 e. The third-order valence-electron chi connectivity index (χ3n) is 9.91. The molecule has 8 rings (SSSR count). The topological polar surface area (TPSA) is 111 Å². The van der Waals surface area contributed by atoms with Gasteiger partial charge in [0, 0.05) is 42.8 Å². The van der Waals surface area contributed by atoms with Gasteiger partial charge in [-0.05, 0) is 44.7 Å². The number of ether oxygens (including phenoxy) is 3. The second kappa shape index (κ2) is 10.5. The van der Waals surface area contributed by atoms with Gasteiger partial charge < -0.3 is 30.2 Å². The molecule has 6 atom stereocenters. The molecule has 240 valence electrons. The number of pyridine rings is 1. The molecule has 0 unspecified atom stereocenters. The predicted molar refractivity (Wildman–Crippen MR) is 153 cm³/mol. The van der Waals surface area contributed by atoms with Crippen LogP contribution in [0.2, 0.25) is 0 Å². The van der Waals surface area contributed by atoms with Gasteiger partial charge in [-0.1, -0.05) is 0 Å². The van der Waals surface area contributed by atoms with E-state index in [9.17, 15) is 17.6 Å². The number of hydrogen-bond donors (Lipinski definition) is 2. The molecule has 5 aliphatic heterocycles. The lowest BCUT2D eigenvalue weighted by molar-refractivity contribution is -0.137. The highest BCUT2D eigenvalue weighted by Gasteiger charge is 2.47. The highest BCUT2D eigenvalue weighted by atomic mass is 19.4. The zero-order chi connectivity index (χ0) is 31.2. The number of benzene rings is 1. The van der Waals surface area contributed by atoms with Crippen molar-refractivity contribution >= 4 is 22.4 Å². The Morgan fingerprint density at radius 1 is 1.11 bits per heavy atom. The first-order valence-corrected chi connectivity index (χ1v) is 15.3. The largest absolute Gasteiger partial charge is 0.472 e. The summed E-state index contributed by atoms with van der Waals surface area (Å²) in [6.45, 7) is 4.74. The molecule has 2 aromatic heterocycles. The van der Waals surface area contributed by atoms with E-state index >= 15 is 4.39 Å². The van der Waals surface area contributed by atoms with Gasteiger partial charge in [0.2, 0.25) is 5.88 Å². The molecular weight excluding hydrogens is 601 g/mol. The van der Waals surface area contributed by atoms with Gasteiger partial charge in [-0.15, -0.1) is 0 Å². The number of morpholine rings is 1. The molecule has 0 radical (unpaired) electrons. The minimum absolute atomic E-state index is 0.0530. The molecule has 10 nitrogen and oxygen atoms in total. The molecule has 3 aromatic rings. The Labute approximate surface area is 255 Å². The van der Waals surface area contributed by atoms with Crippen LogP contribution in [0, 0.1) is 11.6 Å². The summed E-state index contributed by atoms with van der Waals surface area (Å²) < 4.78 is 91.4. The van der Waals surface area contributed by atoms with E-state index in [-0.39, 0.29) is 59.6 Å². The van der Waals surface area contributed by atoms with E-state index in [4.69, 9.17) is 24.9 Å². The zero-order valence-corrected chi connectivity index (χ0v) is 24.4. The smallest absolute Gasteiger partial charge is 0.417 e. The van der Waals surface area contributed by atoms with E-state index in [1.54, 1.807) is 0 Å². The highest BCUT2D eigenvalue weighted by Crippen LogP contribution is 2.46. The van der Waals surface area contributed by atoms with Crippen molar-refractivity contribution < 1.29 is 36.2 Å². The number of nitrogens with one attached hydrogen (secondary N) is 1. The predicted octanol–water partition coefficient (Wildman–Crippen LogP) is 3.90. The van der Waals surface area contributed by atoms with Crippen molar-refractivity contribution in [2.24, 2.45) is 0 Å². The maximum atomic E-state index is 16.6. The standard InChI is InChI=1S/C30H32F5N7O3/c1-13-26-21-5-2-14(37-21)10-42(26)27-22-25(39-29(40-27)44-12-16-4-3-15-11-43-7-6-41(15)16)23(32)24(38-28(22)45-13)17-8-20(36)19(31)9-18(17)30(33,34)35/h8-9,13-16,21,26,37H,2-7,10-12,36H2,1H3/t13-,14+,15-,16-,21-,26+/m0/s1. The molecular formula is C30H32F5N7O3. The van der Waals surface area contributed by atoms with Crippen LogP contribution in [0.4, 0.5) is 33.5 Å². The lowest BCUT2D eigenvalue weighted by Gasteiger charge is -2.42. The third-order valence-corrected chi connectivity index (χ3v) is 9.91. The van der Waals surface area contributed by atoms with Gasteiger partial charge in [-0.2, -0.15) is 23.1 Å². The van der Waals surface area contributed by atoms with Gasteiger partial charge in [0.1, 0.15) is 40.9 Å². The van der Waals surface area contributed by atoms with Crippen molar-refractivity contribution in [2.45, 2.75) is 75.1 Å². The maximum absolute atomic E-state index is 16.6. The van der Waals surface area contributed by atoms with E-state index in [1.807, 2.05) is 6.92 Å². The van der Waals surface area contributed by atoms with Crippen molar-refractivity contribution in [2.75, 3.05) is 43.5 Å². The summed E-state index contributed by atoms with van der Waals surface area (Å²) in [7, 11) is 0. The Morgan fingerprint density at radius 3 is 2.78 bits per heavy atom. The number of alkyl halides is 3. The van der Waals surface area contributed by atoms with E-state index in [0.717, 1.165) is 38.3 Å². The van der Waals surface area contributed by atoms with Gasteiger partial charge in [-0.25, -0.2) is 13.8 Å². The van der Waals surface area contributed by atoms with Gasteiger partial charge in [0.05, 0.1) is 30.5 Å². The van der Waals surface area contributed by atoms with Crippen molar-refractivity contribution in [3.05, 3.63) is 29.3 Å². The average Bonchev–Trinajstić information content (AvgIpc) is 3.57. The molecule has 4 fully saturated rings. The van der Waals surface area contributed by atoms with Crippen LogP contribution in [0.25, 0.3) is 22.2 Å². The summed E-state index contributed by atoms with van der Waals surface area (Å²) in [5.74, 6) is -2.16. The number of anilines is 2. The summed E-state index contributed by atoms with van der Waals surface area (Å²) in [6, 6.07) is 1.32. The van der Waals surface area contributed by atoms with Crippen LogP contribution >= 0.6 is 0 Å². The van der Waals surface area contributed by atoms with Crippen LogP contribution in [0.1, 0.15) is 38.2 Å². The van der Waals surface area contributed by atoms with Gasteiger partial charge in [0.15, 0.2) is 5.82 Å². The SMILES string of the molecule is C[C@@H]1Oc2nc(-c3cc(N)c(F)cc3C(F)(F)F)c(F)c3nc(OC[C@@H]4CC[C@H]5COCCN54)nc(c23)N2C[C@H]3CC[C@H](N3)[C@@H]12. The molecule has 2 bridgehead atoms. The van der Waals surface area contributed by atoms with E-state index in [0.29, 0.717) is 31.6 Å². The van der Waals surface area contributed by atoms with Crippen LogP contribution in [0.5, 0.6) is 11.9 Å². The lowest BCUT2D eigenvalue weighted by Crippen LogP contribution is -2.62. The Bertz CT molecular complexity index is 1680. The van der Waals surface area contributed by atoms with Crippen LogP contribution in [-0.2, 0) is 10.9 Å². The average molecular weight is 634 g/mol. The van der Waals surface area contributed by atoms with Crippen molar-refractivity contribution in [1.29, 1.82) is 0 Å².